The van der Waals surface area contributed by atoms with E-state index in [4.69, 9.17) is 9.47 Å². The summed E-state index contributed by atoms with van der Waals surface area (Å²) in [5.74, 6) is -0.892. The molecule has 0 radical (unpaired) electrons. The van der Waals surface area contributed by atoms with Crippen LogP contribution in [0.4, 0.5) is 22.7 Å². The molecule has 5 rings (SSSR count). The number of fused-ring (bicyclic) bond motifs is 2. The number of hydrogen-bond donors (Lipinski definition) is 2. The first kappa shape index (κ1) is 20.5. The van der Waals surface area contributed by atoms with Gasteiger partial charge in [0.05, 0.1) is 53.9 Å². The SMILES string of the molecule is Cc1cc(N2CCOCC2)cc2c1Nc1c(C)cc(N3CCOCC3)c(C(=O)O)c1S2. The molecule has 0 aliphatic carbocycles. The molecule has 164 valence electrons. The summed E-state index contributed by atoms with van der Waals surface area (Å²) in [6.07, 6.45) is 0. The molecule has 2 fully saturated rings. The van der Waals surface area contributed by atoms with Crippen LogP contribution in [0.2, 0.25) is 0 Å². The fourth-order valence-electron chi connectivity index (χ4n) is 4.50. The minimum atomic E-state index is -0.892. The summed E-state index contributed by atoms with van der Waals surface area (Å²) >= 11 is 1.56. The van der Waals surface area contributed by atoms with Gasteiger partial charge in [-0.3, -0.25) is 0 Å². The third-order valence-electron chi connectivity index (χ3n) is 6.15. The van der Waals surface area contributed by atoms with E-state index >= 15 is 0 Å². The Balaban J connectivity index is 1.58. The standard InChI is InChI=1S/C23H27N3O4S/c1-14-11-16(25-3-7-29-8-4-25)13-18-20(14)24-21-15(2)12-17(26-5-9-30-10-6-26)19(23(27)28)22(21)31-18/h11-13,24H,3-10H2,1-2H3,(H,27,28). The maximum atomic E-state index is 12.4. The molecule has 3 heterocycles. The average Bonchev–Trinajstić information content (AvgIpc) is 2.79. The summed E-state index contributed by atoms with van der Waals surface area (Å²) in [6, 6.07) is 6.39. The molecule has 3 aliphatic rings. The topological polar surface area (TPSA) is 74.3 Å². The lowest BCUT2D eigenvalue weighted by molar-refractivity contribution is 0.0692. The zero-order valence-electron chi connectivity index (χ0n) is 17.9. The van der Waals surface area contributed by atoms with Crippen molar-refractivity contribution in [2.75, 3.05) is 67.7 Å². The zero-order valence-corrected chi connectivity index (χ0v) is 18.7. The summed E-state index contributed by atoms with van der Waals surface area (Å²) < 4.78 is 11.0. The third kappa shape index (κ3) is 3.73. The number of aromatic carboxylic acids is 1. The van der Waals surface area contributed by atoms with Gasteiger partial charge in [0.1, 0.15) is 0 Å². The van der Waals surface area contributed by atoms with Crippen LogP contribution in [-0.4, -0.2) is 63.7 Å². The average molecular weight is 442 g/mol. The lowest BCUT2D eigenvalue weighted by atomic mass is 10.0. The van der Waals surface area contributed by atoms with Gasteiger partial charge in [-0.25, -0.2) is 4.79 Å². The monoisotopic (exact) mass is 441 g/mol. The number of rotatable bonds is 3. The molecular formula is C23H27N3O4S. The number of hydrogen-bond acceptors (Lipinski definition) is 7. The smallest absolute Gasteiger partial charge is 0.339 e. The fraction of sp³-hybridized carbons (Fsp3) is 0.435. The molecule has 31 heavy (non-hydrogen) atoms. The van der Waals surface area contributed by atoms with Gasteiger partial charge in [-0.1, -0.05) is 11.8 Å². The highest BCUT2D eigenvalue weighted by atomic mass is 32.2. The number of carboxylic acid groups (broad SMARTS) is 1. The van der Waals surface area contributed by atoms with Crippen molar-refractivity contribution in [3.8, 4) is 0 Å². The van der Waals surface area contributed by atoms with Crippen molar-refractivity contribution in [3.63, 3.8) is 0 Å². The molecule has 0 aromatic heterocycles. The minimum Gasteiger partial charge on any atom is -0.478 e. The lowest BCUT2D eigenvalue weighted by Gasteiger charge is -2.34. The summed E-state index contributed by atoms with van der Waals surface area (Å²) in [7, 11) is 0. The molecule has 0 saturated carbocycles. The van der Waals surface area contributed by atoms with Gasteiger partial charge in [0.15, 0.2) is 0 Å². The van der Waals surface area contributed by atoms with Crippen molar-refractivity contribution in [2.45, 2.75) is 23.6 Å². The Labute approximate surface area is 186 Å². The van der Waals surface area contributed by atoms with Crippen LogP contribution >= 0.6 is 11.8 Å². The number of morpholine rings is 2. The molecule has 8 heteroatoms. The number of nitrogens with one attached hydrogen (secondary N) is 1. The van der Waals surface area contributed by atoms with E-state index in [2.05, 4.69) is 34.2 Å². The lowest BCUT2D eigenvalue weighted by Crippen LogP contribution is -2.37. The van der Waals surface area contributed by atoms with Crippen molar-refractivity contribution >= 4 is 40.5 Å². The molecule has 0 amide bonds. The number of carbonyl (C=O) groups is 1. The molecule has 3 aliphatic heterocycles. The number of nitrogens with zero attached hydrogens (tertiary/aromatic N) is 2. The van der Waals surface area contributed by atoms with Gasteiger partial charge in [0.25, 0.3) is 0 Å². The van der Waals surface area contributed by atoms with Gasteiger partial charge in [-0.15, -0.1) is 0 Å². The molecule has 7 nitrogen and oxygen atoms in total. The molecule has 2 N–H and O–H groups in total. The van der Waals surface area contributed by atoms with Crippen LogP contribution in [-0.2, 0) is 9.47 Å². The van der Waals surface area contributed by atoms with E-state index in [1.54, 1.807) is 11.8 Å². The zero-order chi connectivity index (χ0) is 21.5. The van der Waals surface area contributed by atoms with E-state index in [1.165, 1.54) is 0 Å². The normalized spacial score (nSPS) is 18.3. The highest BCUT2D eigenvalue weighted by Crippen LogP contribution is 2.51. The first-order chi connectivity index (χ1) is 15.0. The molecule has 0 unspecified atom stereocenters. The van der Waals surface area contributed by atoms with Gasteiger partial charge in [0.2, 0.25) is 0 Å². The van der Waals surface area contributed by atoms with Crippen LogP contribution < -0.4 is 15.1 Å². The van der Waals surface area contributed by atoms with Crippen LogP contribution in [0.25, 0.3) is 0 Å². The Morgan fingerprint density at radius 3 is 2.19 bits per heavy atom. The number of benzene rings is 2. The molecule has 0 atom stereocenters. The van der Waals surface area contributed by atoms with Gasteiger partial charge in [-0.05, 0) is 43.2 Å². The summed E-state index contributed by atoms with van der Waals surface area (Å²) in [6.45, 7) is 9.99. The Kier molecular flexibility index (Phi) is 5.45. The predicted molar refractivity (Wildman–Crippen MR) is 123 cm³/mol. The van der Waals surface area contributed by atoms with Crippen molar-refractivity contribution in [1.29, 1.82) is 0 Å². The van der Waals surface area contributed by atoms with Crippen LogP contribution in [0.3, 0.4) is 0 Å². The van der Waals surface area contributed by atoms with Gasteiger partial charge in [-0.2, -0.15) is 0 Å². The van der Waals surface area contributed by atoms with Crippen molar-refractivity contribution in [1.82, 2.24) is 0 Å². The predicted octanol–water partition coefficient (Wildman–Crippen LogP) is 3.88. The van der Waals surface area contributed by atoms with E-state index in [0.717, 1.165) is 70.0 Å². The van der Waals surface area contributed by atoms with Crippen molar-refractivity contribution < 1.29 is 19.4 Å². The molecule has 2 aromatic carbocycles. The Bertz CT molecular complexity index is 1030. The Hall–Kier alpha value is -2.42. The van der Waals surface area contributed by atoms with E-state index in [-0.39, 0.29) is 0 Å². The van der Waals surface area contributed by atoms with E-state index in [0.29, 0.717) is 31.9 Å². The highest BCUT2D eigenvalue weighted by Gasteiger charge is 2.30. The maximum Gasteiger partial charge on any atom is 0.339 e. The largest absolute Gasteiger partial charge is 0.478 e. The Morgan fingerprint density at radius 1 is 0.935 bits per heavy atom. The second-order valence-electron chi connectivity index (χ2n) is 8.16. The maximum absolute atomic E-state index is 12.4. The molecular weight excluding hydrogens is 414 g/mol. The summed E-state index contributed by atoms with van der Waals surface area (Å²) in [5, 5.41) is 13.7. The van der Waals surface area contributed by atoms with Crippen molar-refractivity contribution in [2.24, 2.45) is 0 Å². The van der Waals surface area contributed by atoms with Crippen LogP contribution in [0.15, 0.2) is 28.0 Å². The highest BCUT2D eigenvalue weighted by molar-refractivity contribution is 7.99. The van der Waals surface area contributed by atoms with Crippen molar-refractivity contribution in [3.05, 3.63) is 34.9 Å². The summed E-state index contributed by atoms with van der Waals surface area (Å²) in [4.78, 5) is 18.7. The third-order valence-corrected chi connectivity index (χ3v) is 7.30. The molecule has 2 saturated heterocycles. The second kappa shape index (κ2) is 8.26. The van der Waals surface area contributed by atoms with Crippen LogP contribution in [0.5, 0.6) is 0 Å². The minimum absolute atomic E-state index is 0.375. The number of ether oxygens (including phenoxy) is 2. The van der Waals surface area contributed by atoms with Gasteiger partial charge < -0.3 is 29.7 Å². The number of anilines is 4. The van der Waals surface area contributed by atoms with Gasteiger partial charge in [0, 0.05) is 36.8 Å². The molecule has 2 aromatic rings. The van der Waals surface area contributed by atoms with E-state index in [9.17, 15) is 9.90 Å². The quantitative estimate of drug-likeness (QED) is 0.634. The first-order valence-electron chi connectivity index (χ1n) is 10.7. The van der Waals surface area contributed by atoms with Crippen LogP contribution in [0, 0.1) is 13.8 Å². The molecule has 0 bridgehead atoms. The Morgan fingerprint density at radius 2 is 1.55 bits per heavy atom. The van der Waals surface area contributed by atoms with Gasteiger partial charge >= 0.3 is 5.97 Å². The first-order valence-corrected chi connectivity index (χ1v) is 11.5. The number of carboxylic acids is 1. The van der Waals surface area contributed by atoms with E-state index < -0.39 is 5.97 Å². The van der Waals surface area contributed by atoms with E-state index in [1.807, 2.05) is 13.0 Å². The molecule has 0 spiro atoms. The van der Waals surface area contributed by atoms with Crippen LogP contribution in [0.1, 0.15) is 21.5 Å². The summed E-state index contributed by atoms with van der Waals surface area (Å²) in [5.41, 5.74) is 6.49. The fourth-order valence-corrected chi connectivity index (χ4v) is 5.83. The second-order valence-corrected chi connectivity index (χ2v) is 9.21. The number of aryl methyl sites for hydroxylation is 2.